The molecule has 7 nitrogen and oxygen atoms in total. The zero-order valence-corrected chi connectivity index (χ0v) is 18.6. The van der Waals surface area contributed by atoms with Crippen LogP contribution in [-0.2, 0) is 32.1 Å². The van der Waals surface area contributed by atoms with Crippen LogP contribution in [0.25, 0.3) is 0 Å². The molecule has 0 unspecified atom stereocenters. The average molecular weight is 439 g/mol. The van der Waals surface area contributed by atoms with Crippen molar-refractivity contribution in [3.8, 4) is 0 Å². The lowest BCUT2D eigenvalue weighted by Crippen LogP contribution is -2.49. The van der Waals surface area contributed by atoms with Gasteiger partial charge in [-0.2, -0.15) is 0 Å². The highest BCUT2D eigenvalue weighted by Gasteiger charge is 2.27. The Labute approximate surface area is 188 Å². The number of benzene rings is 2. The smallest absolute Gasteiger partial charge is 0.408 e. The summed E-state index contributed by atoms with van der Waals surface area (Å²) >= 11 is 0. The van der Waals surface area contributed by atoms with Crippen LogP contribution < -0.4 is 5.32 Å². The Morgan fingerprint density at radius 3 is 2.28 bits per heavy atom. The van der Waals surface area contributed by atoms with Crippen LogP contribution in [0.4, 0.5) is 4.79 Å². The predicted molar refractivity (Wildman–Crippen MR) is 120 cm³/mol. The Hall–Kier alpha value is -3.35. The number of methoxy groups -OCH3 is 1. The third-order valence-electron chi connectivity index (χ3n) is 5.75. The second-order valence-corrected chi connectivity index (χ2v) is 8.02. The third-order valence-corrected chi connectivity index (χ3v) is 5.75. The molecule has 0 bridgehead atoms. The van der Waals surface area contributed by atoms with Crippen LogP contribution in [0.5, 0.6) is 0 Å². The van der Waals surface area contributed by atoms with Gasteiger partial charge in [0.15, 0.2) is 0 Å². The zero-order valence-electron chi connectivity index (χ0n) is 18.6. The first-order chi connectivity index (χ1) is 15.5. The van der Waals surface area contributed by atoms with E-state index in [1.165, 1.54) is 12.7 Å². The normalized spacial score (nSPS) is 15.0. The average Bonchev–Trinajstić information content (AvgIpc) is 2.83. The minimum Gasteiger partial charge on any atom is -0.469 e. The Morgan fingerprint density at radius 2 is 1.66 bits per heavy atom. The highest BCUT2D eigenvalue weighted by molar-refractivity contribution is 5.85. The molecule has 2 aromatic rings. The van der Waals surface area contributed by atoms with Crippen molar-refractivity contribution in [2.24, 2.45) is 0 Å². The van der Waals surface area contributed by atoms with Crippen LogP contribution in [0.3, 0.4) is 0 Å². The number of alkyl carbamates (subject to hydrolysis) is 1. The maximum absolute atomic E-state index is 12.7. The maximum atomic E-state index is 12.7. The van der Waals surface area contributed by atoms with Crippen LogP contribution in [-0.4, -0.2) is 49.1 Å². The first-order valence-corrected chi connectivity index (χ1v) is 10.9. The largest absolute Gasteiger partial charge is 0.469 e. The van der Waals surface area contributed by atoms with Gasteiger partial charge >= 0.3 is 12.1 Å². The number of amides is 2. The molecule has 170 valence electrons. The van der Waals surface area contributed by atoms with E-state index in [1.807, 2.05) is 54.6 Å². The molecule has 2 amide bonds. The summed E-state index contributed by atoms with van der Waals surface area (Å²) in [5.41, 5.74) is 3.02. The summed E-state index contributed by atoms with van der Waals surface area (Å²) < 4.78 is 9.90. The second kappa shape index (κ2) is 11.3. The van der Waals surface area contributed by atoms with Crippen molar-refractivity contribution in [1.82, 2.24) is 10.2 Å². The number of piperidine rings is 1. The van der Waals surface area contributed by atoms with Gasteiger partial charge in [0, 0.05) is 13.1 Å². The summed E-state index contributed by atoms with van der Waals surface area (Å²) in [6.07, 6.45) is 1.37. The molecule has 0 aliphatic carbocycles. The van der Waals surface area contributed by atoms with Crippen molar-refractivity contribution < 1.29 is 23.9 Å². The summed E-state index contributed by atoms with van der Waals surface area (Å²) in [6, 6.07) is 16.8. The summed E-state index contributed by atoms with van der Waals surface area (Å²) in [5.74, 6) is 0.00936. The lowest BCUT2D eigenvalue weighted by atomic mass is 9.88. The highest BCUT2D eigenvalue weighted by Crippen LogP contribution is 2.28. The van der Waals surface area contributed by atoms with Gasteiger partial charge in [0.2, 0.25) is 5.91 Å². The van der Waals surface area contributed by atoms with E-state index in [1.54, 1.807) is 11.8 Å². The number of likely N-dealkylation sites (tertiary alicyclic amines) is 1. The standard InChI is InChI=1S/C25H30N2O5/c1-18(26-25(30)32-17-20-6-4-3-5-7-20)24(29)27-14-12-22(13-15-27)21-10-8-19(9-11-21)16-23(28)31-2/h3-11,18,22H,12-17H2,1-2H3,(H,26,30)/t18-/m1/s1. The molecule has 1 N–H and O–H groups in total. The van der Waals surface area contributed by atoms with E-state index in [0.29, 0.717) is 19.0 Å². The Bertz CT molecular complexity index is 906. The lowest BCUT2D eigenvalue weighted by Gasteiger charge is -2.34. The summed E-state index contributed by atoms with van der Waals surface area (Å²) in [6.45, 7) is 3.12. The van der Waals surface area contributed by atoms with Crippen LogP contribution in [0.15, 0.2) is 54.6 Å². The van der Waals surface area contributed by atoms with E-state index in [0.717, 1.165) is 24.0 Å². The van der Waals surface area contributed by atoms with Gasteiger partial charge in [-0.25, -0.2) is 4.79 Å². The lowest BCUT2D eigenvalue weighted by molar-refractivity contribution is -0.139. The van der Waals surface area contributed by atoms with Gasteiger partial charge in [-0.15, -0.1) is 0 Å². The number of carbonyl (C=O) groups is 3. The van der Waals surface area contributed by atoms with Crippen molar-refractivity contribution in [3.05, 3.63) is 71.3 Å². The van der Waals surface area contributed by atoms with Gasteiger partial charge in [-0.1, -0.05) is 54.6 Å². The molecule has 7 heteroatoms. The van der Waals surface area contributed by atoms with E-state index >= 15 is 0 Å². The van der Waals surface area contributed by atoms with E-state index in [2.05, 4.69) is 5.32 Å². The molecule has 0 spiro atoms. The SMILES string of the molecule is COC(=O)Cc1ccc(C2CCN(C(=O)[C@@H](C)NC(=O)OCc3ccccc3)CC2)cc1. The number of hydrogen-bond donors (Lipinski definition) is 1. The van der Waals surface area contributed by atoms with Gasteiger partial charge in [0.1, 0.15) is 12.6 Å². The molecular weight excluding hydrogens is 408 g/mol. The minimum atomic E-state index is -0.646. The number of ether oxygens (including phenoxy) is 2. The molecule has 1 aliphatic heterocycles. The molecule has 0 radical (unpaired) electrons. The minimum absolute atomic E-state index is 0.103. The number of nitrogens with one attached hydrogen (secondary N) is 1. The molecule has 0 aromatic heterocycles. The van der Waals surface area contributed by atoms with Crippen molar-refractivity contribution in [1.29, 1.82) is 0 Å². The van der Waals surface area contributed by atoms with Crippen molar-refractivity contribution in [2.45, 2.75) is 44.8 Å². The second-order valence-electron chi connectivity index (χ2n) is 8.02. The van der Waals surface area contributed by atoms with Gasteiger partial charge < -0.3 is 19.7 Å². The third kappa shape index (κ3) is 6.57. The van der Waals surface area contributed by atoms with Crippen LogP contribution >= 0.6 is 0 Å². The van der Waals surface area contributed by atoms with E-state index < -0.39 is 12.1 Å². The van der Waals surface area contributed by atoms with E-state index in [-0.39, 0.29) is 24.9 Å². The molecule has 0 saturated carbocycles. The molecule has 1 heterocycles. The number of esters is 1. The molecule has 3 rings (SSSR count). The van der Waals surface area contributed by atoms with Gasteiger partial charge in [-0.05, 0) is 42.4 Å². The topological polar surface area (TPSA) is 84.9 Å². The van der Waals surface area contributed by atoms with Gasteiger partial charge in [0.05, 0.1) is 13.5 Å². The molecule has 1 aliphatic rings. The monoisotopic (exact) mass is 438 g/mol. The first kappa shape index (κ1) is 23.3. The maximum Gasteiger partial charge on any atom is 0.408 e. The fourth-order valence-corrected chi connectivity index (χ4v) is 3.86. The Balaban J connectivity index is 1.43. The van der Waals surface area contributed by atoms with Gasteiger partial charge in [-0.3, -0.25) is 9.59 Å². The fourth-order valence-electron chi connectivity index (χ4n) is 3.86. The fraction of sp³-hybridized carbons (Fsp3) is 0.400. The zero-order chi connectivity index (χ0) is 22.9. The first-order valence-electron chi connectivity index (χ1n) is 10.9. The van der Waals surface area contributed by atoms with Crippen molar-refractivity contribution >= 4 is 18.0 Å². The number of hydrogen-bond acceptors (Lipinski definition) is 5. The molecule has 1 atom stereocenters. The van der Waals surface area contributed by atoms with Crippen molar-refractivity contribution in [3.63, 3.8) is 0 Å². The predicted octanol–water partition coefficient (Wildman–Crippen LogP) is 3.42. The quantitative estimate of drug-likeness (QED) is 0.670. The summed E-state index contributed by atoms with van der Waals surface area (Å²) in [5, 5.41) is 2.63. The van der Waals surface area contributed by atoms with Crippen LogP contribution in [0.2, 0.25) is 0 Å². The van der Waals surface area contributed by atoms with Gasteiger partial charge in [0.25, 0.3) is 0 Å². The number of nitrogens with zero attached hydrogens (tertiary/aromatic N) is 1. The highest BCUT2D eigenvalue weighted by atomic mass is 16.5. The summed E-state index contributed by atoms with van der Waals surface area (Å²) in [7, 11) is 1.38. The van der Waals surface area contributed by atoms with E-state index in [9.17, 15) is 14.4 Å². The van der Waals surface area contributed by atoms with E-state index in [4.69, 9.17) is 9.47 Å². The molecule has 1 fully saturated rings. The molecular formula is C25H30N2O5. The number of carbonyl (C=O) groups excluding carboxylic acids is 3. The Kier molecular flexibility index (Phi) is 8.25. The molecule has 2 aromatic carbocycles. The van der Waals surface area contributed by atoms with Crippen LogP contribution in [0, 0.1) is 0 Å². The van der Waals surface area contributed by atoms with Crippen LogP contribution in [0.1, 0.15) is 42.4 Å². The Morgan fingerprint density at radius 1 is 1.00 bits per heavy atom. The summed E-state index contributed by atoms with van der Waals surface area (Å²) in [4.78, 5) is 38.0. The van der Waals surface area contributed by atoms with Crippen molar-refractivity contribution in [2.75, 3.05) is 20.2 Å². The molecule has 1 saturated heterocycles. The molecule has 32 heavy (non-hydrogen) atoms. The number of rotatable bonds is 7.